The second-order valence-corrected chi connectivity index (χ2v) is 8.82. The fourth-order valence-corrected chi connectivity index (χ4v) is 4.27. The molecule has 0 spiro atoms. The van der Waals surface area contributed by atoms with E-state index in [0.717, 1.165) is 6.42 Å². The molecule has 166 valence electrons. The van der Waals surface area contributed by atoms with Gasteiger partial charge in [-0.25, -0.2) is 4.79 Å². The van der Waals surface area contributed by atoms with Crippen molar-refractivity contribution < 1.29 is 18.7 Å². The molecule has 0 bridgehead atoms. The van der Waals surface area contributed by atoms with Gasteiger partial charge in [0.2, 0.25) is 0 Å². The summed E-state index contributed by atoms with van der Waals surface area (Å²) in [7, 11) is 0. The summed E-state index contributed by atoms with van der Waals surface area (Å²) >= 11 is 0. The maximum Gasteiger partial charge on any atom is 0.409 e. The molecule has 0 aliphatic carbocycles. The van der Waals surface area contributed by atoms with E-state index in [0.29, 0.717) is 62.6 Å². The lowest BCUT2D eigenvalue weighted by molar-refractivity contribution is 0.0533. The van der Waals surface area contributed by atoms with Crippen molar-refractivity contribution in [2.45, 2.75) is 39.8 Å². The summed E-state index contributed by atoms with van der Waals surface area (Å²) < 4.78 is 11.0. The zero-order valence-electron chi connectivity index (χ0n) is 18.5. The smallest absolute Gasteiger partial charge is 0.409 e. The molecule has 7 nitrogen and oxygen atoms in total. The number of fused-ring (bicyclic) bond motifs is 1. The molecule has 2 aromatic rings. The van der Waals surface area contributed by atoms with Crippen molar-refractivity contribution in [2.75, 3.05) is 37.7 Å². The Kier molecular flexibility index (Phi) is 6.20. The van der Waals surface area contributed by atoms with Crippen LogP contribution in [0.2, 0.25) is 0 Å². The van der Waals surface area contributed by atoms with Gasteiger partial charge < -0.3 is 23.9 Å². The number of anilines is 1. The van der Waals surface area contributed by atoms with Gasteiger partial charge in [0.25, 0.3) is 5.91 Å². The summed E-state index contributed by atoms with van der Waals surface area (Å²) in [6.45, 7) is 9.12. The first-order valence-corrected chi connectivity index (χ1v) is 11.1. The van der Waals surface area contributed by atoms with Crippen LogP contribution in [0.5, 0.6) is 0 Å². The molecule has 1 saturated heterocycles. The molecule has 0 N–H and O–H groups in total. The van der Waals surface area contributed by atoms with E-state index in [9.17, 15) is 9.59 Å². The summed E-state index contributed by atoms with van der Waals surface area (Å²) in [6, 6.07) is 10.5. The number of amides is 2. The standard InChI is InChI=1S/C24H31N3O4/c1-17(2)16-31-24(29)26-11-9-25(10-12-26)23(28)20-8-13-30-22(20)15-27-18(3)14-19-6-4-5-7-21(19)27/h4-8,13,17-18H,9-12,14-16H2,1-3H3. The number of hydrogen-bond acceptors (Lipinski definition) is 5. The first-order chi connectivity index (χ1) is 14.9. The highest BCUT2D eigenvalue weighted by Gasteiger charge is 2.31. The third-order valence-corrected chi connectivity index (χ3v) is 6.00. The maximum absolute atomic E-state index is 13.2. The minimum absolute atomic E-state index is 0.0425. The Bertz CT molecular complexity index is 930. The minimum atomic E-state index is -0.300. The summed E-state index contributed by atoms with van der Waals surface area (Å²) in [5, 5.41) is 0. The number of furan rings is 1. The minimum Gasteiger partial charge on any atom is -0.467 e. The van der Waals surface area contributed by atoms with Crippen LogP contribution in [0.25, 0.3) is 0 Å². The fourth-order valence-electron chi connectivity index (χ4n) is 4.27. The topological polar surface area (TPSA) is 66.2 Å². The van der Waals surface area contributed by atoms with Crippen LogP contribution in [-0.4, -0.2) is 60.6 Å². The Morgan fingerprint density at radius 2 is 1.81 bits per heavy atom. The first kappa shape index (κ1) is 21.3. The number of carbonyl (C=O) groups excluding carboxylic acids is 2. The molecule has 1 fully saturated rings. The van der Waals surface area contributed by atoms with Crippen LogP contribution in [0.1, 0.15) is 42.5 Å². The predicted molar refractivity (Wildman–Crippen MR) is 118 cm³/mol. The van der Waals surface area contributed by atoms with E-state index in [2.05, 4.69) is 30.0 Å². The molecule has 1 unspecified atom stereocenters. The highest BCUT2D eigenvalue weighted by Crippen LogP contribution is 2.33. The van der Waals surface area contributed by atoms with Crippen molar-refractivity contribution in [2.24, 2.45) is 5.92 Å². The SMILES string of the molecule is CC(C)COC(=O)N1CCN(C(=O)c2ccoc2CN2c3ccccc3CC2C)CC1. The van der Waals surface area contributed by atoms with Gasteiger partial charge >= 0.3 is 6.09 Å². The summed E-state index contributed by atoms with van der Waals surface area (Å²) in [5.41, 5.74) is 3.14. The van der Waals surface area contributed by atoms with Gasteiger partial charge in [-0.2, -0.15) is 0 Å². The number of hydrogen-bond donors (Lipinski definition) is 0. The number of rotatable bonds is 5. The van der Waals surface area contributed by atoms with Crippen LogP contribution in [0.15, 0.2) is 41.0 Å². The van der Waals surface area contributed by atoms with Crippen LogP contribution in [0.3, 0.4) is 0 Å². The van der Waals surface area contributed by atoms with E-state index in [-0.39, 0.29) is 12.0 Å². The van der Waals surface area contributed by atoms with Crippen LogP contribution in [0, 0.1) is 5.92 Å². The van der Waals surface area contributed by atoms with Gasteiger partial charge in [0, 0.05) is 37.9 Å². The van der Waals surface area contributed by atoms with Gasteiger partial charge in [-0.3, -0.25) is 4.79 Å². The molecule has 2 aliphatic rings. The Morgan fingerprint density at radius 1 is 1.10 bits per heavy atom. The highest BCUT2D eigenvalue weighted by molar-refractivity contribution is 5.95. The van der Waals surface area contributed by atoms with Crippen LogP contribution < -0.4 is 4.90 Å². The van der Waals surface area contributed by atoms with E-state index in [1.807, 2.05) is 19.9 Å². The normalized spacial score (nSPS) is 18.5. The summed E-state index contributed by atoms with van der Waals surface area (Å²) in [4.78, 5) is 31.1. The summed E-state index contributed by atoms with van der Waals surface area (Å²) in [5.74, 6) is 0.947. The molecule has 0 radical (unpaired) electrons. The van der Waals surface area contributed by atoms with Gasteiger partial charge in [0.15, 0.2) is 0 Å². The third kappa shape index (κ3) is 4.55. The van der Waals surface area contributed by atoms with Gasteiger partial charge in [-0.05, 0) is 37.0 Å². The number of carbonyl (C=O) groups is 2. The van der Waals surface area contributed by atoms with E-state index < -0.39 is 0 Å². The molecular formula is C24H31N3O4. The lowest BCUT2D eigenvalue weighted by atomic mass is 10.1. The zero-order chi connectivity index (χ0) is 22.0. The van der Waals surface area contributed by atoms with Crippen molar-refractivity contribution in [1.82, 2.24) is 9.80 Å². The number of piperazine rings is 1. The molecular weight excluding hydrogens is 394 g/mol. The van der Waals surface area contributed by atoms with Crippen molar-refractivity contribution >= 4 is 17.7 Å². The first-order valence-electron chi connectivity index (χ1n) is 11.1. The van der Waals surface area contributed by atoms with E-state index in [1.54, 1.807) is 22.1 Å². The molecule has 1 aromatic carbocycles. The molecule has 0 saturated carbocycles. The molecule has 2 aliphatic heterocycles. The molecule has 7 heteroatoms. The number of para-hydroxylation sites is 1. The molecule has 1 aromatic heterocycles. The van der Waals surface area contributed by atoms with Crippen molar-refractivity contribution in [3.8, 4) is 0 Å². The quantitative estimate of drug-likeness (QED) is 0.729. The van der Waals surface area contributed by atoms with Gasteiger partial charge in [0.1, 0.15) is 5.76 Å². The molecule has 4 rings (SSSR count). The highest BCUT2D eigenvalue weighted by atomic mass is 16.6. The predicted octanol–water partition coefficient (Wildman–Crippen LogP) is 3.78. The van der Waals surface area contributed by atoms with E-state index in [4.69, 9.17) is 9.15 Å². The van der Waals surface area contributed by atoms with Crippen LogP contribution in [-0.2, 0) is 17.7 Å². The molecule has 2 amide bonds. The van der Waals surface area contributed by atoms with E-state index >= 15 is 0 Å². The maximum atomic E-state index is 13.2. The Balaban J connectivity index is 1.38. The largest absolute Gasteiger partial charge is 0.467 e. The van der Waals surface area contributed by atoms with Crippen molar-refractivity contribution in [1.29, 1.82) is 0 Å². The molecule has 3 heterocycles. The second-order valence-electron chi connectivity index (χ2n) is 8.82. The average molecular weight is 426 g/mol. The lowest BCUT2D eigenvalue weighted by Gasteiger charge is -2.34. The third-order valence-electron chi connectivity index (χ3n) is 6.00. The molecule has 1 atom stereocenters. The summed E-state index contributed by atoms with van der Waals surface area (Å²) in [6.07, 6.45) is 2.29. The van der Waals surface area contributed by atoms with Gasteiger partial charge in [0.05, 0.1) is 25.0 Å². The average Bonchev–Trinajstić information content (AvgIpc) is 3.36. The van der Waals surface area contributed by atoms with Crippen molar-refractivity contribution in [3.05, 3.63) is 53.5 Å². The fraction of sp³-hybridized carbons (Fsp3) is 0.500. The Hall–Kier alpha value is -2.96. The van der Waals surface area contributed by atoms with Crippen molar-refractivity contribution in [3.63, 3.8) is 0 Å². The molecule has 31 heavy (non-hydrogen) atoms. The monoisotopic (exact) mass is 425 g/mol. The number of ether oxygens (including phenoxy) is 1. The van der Waals surface area contributed by atoms with E-state index in [1.165, 1.54) is 11.3 Å². The van der Waals surface area contributed by atoms with Crippen LogP contribution >= 0.6 is 0 Å². The lowest BCUT2D eigenvalue weighted by Crippen LogP contribution is -2.51. The second kappa shape index (κ2) is 9.04. The van der Waals surface area contributed by atoms with Gasteiger partial charge in [-0.15, -0.1) is 0 Å². The number of benzene rings is 1. The number of nitrogens with zero attached hydrogens (tertiary/aromatic N) is 3. The van der Waals surface area contributed by atoms with Gasteiger partial charge in [-0.1, -0.05) is 32.0 Å². The Morgan fingerprint density at radius 3 is 2.55 bits per heavy atom. The zero-order valence-corrected chi connectivity index (χ0v) is 18.5. The Labute approximate surface area is 183 Å². The van der Waals surface area contributed by atoms with Crippen LogP contribution in [0.4, 0.5) is 10.5 Å².